The molecule has 7 heteroatoms. The Hall–Kier alpha value is -1.89. The standard InChI is InChI=1S/C12H13N3O3S/c1-2-19-6-5-14-8-13-11-4-3-9(15(17)18)7-10(11)12(14)16/h3-4,7-8H,2,5-6H2,1H3. The van der Waals surface area contributed by atoms with Crippen LogP contribution in [0.5, 0.6) is 0 Å². The Labute approximate surface area is 113 Å². The fourth-order valence-corrected chi connectivity index (χ4v) is 2.34. The van der Waals surface area contributed by atoms with Gasteiger partial charge in [-0.2, -0.15) is 11.8 Å². The van der Waals surface area contributed by atoms with Gasteiger partial charge in [0.15, 0.2) is 0 Å². The number of nitrogens with zero attached hydrogens (tertiary/aromatic N) is 3. The zero-order valence-corrected chi connectivity index (χ0v) is 11.2. The van der Waals surface area contributed by atoms with Crippen molar-refractivity contribution in [2.45, 2.75) is 13.5 Å². The molecule has 0 fully saturated rings. The molecule has 0 unspecified atom stereocenters. The molecular weight excluding hydrogens is 266 g/mol. The van der Waals surface area contributed by atoms with E-state index in [0.29, 0.717) is 12.1 Å². The van der Waals surface area contributed by atoms with Crippen LogP contribution in [0.1, 0.15) is 6.92 Å². The highest BCUT2D eigenvalue weighted by atomic mass is 32.2. The van der Waals surface area contributed by atoms with E-state index in [2.05, 4.69) is 11.9 Å². The summed E-state index contributed by atoms with van der Waals surface area (Å²) in [5, 5.41) is 11.0. The average molecular weight is 279 g/mol. The van der Waals surface area contributed by atoms with Crippen molar-refractivity contribution < 1.29 is 4.92 Å². The molecule has 2 aromatic rings. The Balaban J connectivity index is 2.44. The smallest absolute Gasteiger partial charge is 0.270 e. The van der Waals surface area contributed by atoms with Crippen molar-refractivity contribution in [3.8, 4) is 0 Å². The predicted octanol–water partition coefficient (Wildman–Crippen LogP) is 2.06. The topological polar surface area (TPSA) is 78.0 Å². The SMILES string of the molecule is CCSCCn1cnc2ccc([N+](=O)[O-])cc2c1=O. The summed E-state index contributed by atoms with van der Waals surface area (Å²) in [5.41, 5.74) is 0.160. The van der Waals surface area contributed by atoms with Crippen molar-refractivity contribution in [3.05, 3.63) is 45.0 Å². The Morgan fingerprint density at radius 1 is 1.47 bits per heavy atom. The highest BCUT2D eigenvalue weighted by Crippen LogP contribution is 2.16. The number of hydrogen-bond donors (Lipinski definition) is 0. The molecular formula is C12H13N3O3S. The molecule has 1 aromatic heterocycles. The number of hydrogen-bond acceptors (Lipinski definition) is 5. The van der Waals surface area contributed by atoms with Crippen LogP contribution in [-0.2, 0) is 6.54 Å². The molecule has 0 bridgehead atoms. The van der Waals surface area contributed by atoms with Crippen LogP contribution in [0, 0.1) is 10.1 Å². The second kappa shape index (κ2) is 5.83. The number of fused-ring (bicyclic) bond motifs is 1. The van der Waals surface area contributed by atoms with Crippen molar-refractivity contribution in [1.82, 2.24) is 9.55 Å². The molecule has 0 aliphatic rings. The van der Waals surface area contributed by atoms with E-state index in [4.69, 9.17) is 0 Å². The molecule has 6 nitrogen and oxygen atoms in total. The van der Waals surface area contributed by atoms with Crippen LogP contribution < -0.4 is 5.56 Å². The van der Waals surface area contributed by atoms with E-state index >= 15 is 0 Å². The van der Waals surface area contributed by atoms with Gasteiger partial charge in [-0.1, -0.05) is 6.92 Å². The number of nitro benzene ring substituents is 1. The van der Waals surface area contributed by atoms with E-state index in [9.17, 15) is 14.9 Å². The van der Waals surface area contributed by atoms with Crippen molar-refractivity contribution in [3.63, 3.8) is 0 Å². The van der Waals surface area contributed by atoms with Gasteiger partial charge in [0.2, 0.25) is 0 Å². The van der Waals surface area contributed by atoms with E-state index in [-0.39, 0.29) is 16.6 Å². The summed E-state index contributed by atoms with van der Waals surface area (Å²) in [6.07, 6.45) is 1.49. The highest BCUT2D eigenvalue weighted by Gasteiger charge is 2.10. The maximum Gasteiger partial charge on any atom is 0.270 e. The van der Waals surface area contributed by atoms with Gasteiger partial charge in [-0.3, -0.25) is 19.5 Å². The van der Waals surface area contributed by atoms with Gasteiger partial charge in [0.1, 0.15) is 0 Å². The molecule has 0 atom stereocenters. The summed E-state index contributed by atoms with van der Waals surface area (Å²) in [6.45, 7) is 2.61. The number of aromatic nitrogens is 2. The first-order valence-electron chi connectivity index (χ1n) is 5.85. The van der Waals surface area contributed by atoms with E-state index < -0.39 is 4.92 Å². The second-order valence-corrected chi connectivity index (χ2v) is 5.29. The molecule has 100 valence electrons. The maximum absolute atomic E-state index is 12.2. The minimum Gasteiger partial charge on any atom is -0.298 e. The first kappa shape index (κ1) is 13.5. The normalized spacial score (nSPS) is 10.8. The summed E-state index contributed by atoms with van der Waals surface area (Å²) in [6, 6.07) is 4.14. The van der Waals surface area contributed by atoms with Crippen molar-refractivity contribution >= 4 is 28.4 Å². The van der Waals surface area contributed by atoms with Gasteiger partial charge in [-0.15, -0.1) is 0 Å². The lowest BCUT2D eigenvalue weighted by Crippen LogP contribution is -2.21. The summed E-state index contributed by atoms with van der Waals surface area (Å²) < 4.78 is 1.49. The third-order valence-corrected chi connectivity index (χ3v) is 3.58. The van der Waals surface area contributed by atoms with Gasteiger partial charge in [0.05, 0.1) is 22.2 Å². The first-order valence-corrected chi connectivity index (χ1v) is 7.00. The zero-order valence-electron chi connectivity index (χ0n) is 10.4. The summed E-state index contributed by atoms with van der Waals surface area (Å²) in [7, 11) is 0. The van der Waals surface area contributed by atoms with Crippen LogP contribution in [0.4, 0.5) is 5.69 Å². The largest absolute Gasteiger partial charge is 0.298 e. The molecule has 0 radical (unpaired) electrons. The third-order valence-electron chi connectivity index (χ3n) is 2.70. The number of rotatable bonds is 5. The number of thioether (sulfide) groups is 1. The Morgan fingerprint density at radius 3 is 2.95 bits per heavy atom. The molecule has 0 spiro atoms. The summed E-state index contributed by atoms with van der Waals surface area (Å²) in [5.74, 6) is 1.81. The van der Waals surface area contributed by atoms with Crippen LogP contribution in [0.15, 0.2) is 29.3 Å². The van der Waals surface area contributed by atoms with Crippen LogP contribution in [0.25, 0.3) is 10.9 Å². The Kier molecular flexibility index (Phi) is 4.16. The van der Waals surface area contributed by atoms with E-state index in [0.717, 1.165) is 11.5 Å². The highest BCUT2D eigenvalue weighted by molar-refractivity contribution is 7.99. The Morgan fingerprint density at radius 2 is 2.26 bits per heavy atom. The Bertz CT molecular complexity index is 669. The summed E-state index contributed by atoms with van der Waals surface area (Å²) in [4.78, 5) is 26.6. The zero-order chi connectivity index (χ0) is 13.8. The molecule has 0 saturated heterocycles. The van der Waals surface area contributed by atoms with Crippen molar-refractivity contribution in [2.24, 2.45) is 0 Å². The fraction of sp³-hybridized carbons (Fsp3) is 0.333. The lowest BCUT2D eigenvalue weighted by atomic mass is 10.2. The minimum atomic E-state index is -0.511. The van der Waals surface area contributed by atoms with Gasteiger partial charge in [0, 0.05) is 24.4 Å². The van der Waals surface area contributed by atoms with Crippen molar-refractivity contribution in [2.75, 3.05) is 11.5 Å². The second-order valence-electron chi connectivity index (χ2n) is 3.90. The lowest BCUT2D eigenvalue weighted by molar-refractivity contribution is -0.384. The number of benzene rings is 1. The van der Waals surface area contributed by atoms with Gasteiger partial charge in [0.25, 0.3) is 11.2 Å². The fourth-order valence-electron chi connectivity index (χ4n) is 1.73. The number of non-ortho nitro benzene ring substituents is 1. The predicted molar refractivity (Wildman–Crippen MR) is 75.7 cm³/mol. The molecule has 1 heterocycles. The van der Waals surface area contributed by atoms with E-state index in [1.165, 1.54) is 29.1 Å². The van der Waals surface area contributed by atoms with Crippen LogP contribution in [0.2, 0.25) is 0 Å². The molecule has 1 aromatic carbocycles. The van der Waals surface area contributed by atoms with Gasteiger partial charge in [-0.25, -0.2) is 4.98 Å². The molecule has 0 amide bonds. The molecule has 2 rings (SSSR count). The van der Waals surface area contributed by atoms with Gasteiger partial charge in [-0.05, 0) is 11.8 Å². The lowest BCUT2D eigenvalue weighted by Gasteiger charge is -2.05. The van der Waals surface area contributed by atoms with Gasteiger partial charge < -0.3 is 0 Å². The van der Waals surface area contributed by atoms with E-state index in [1.54, 1.807) is 11.8 Å². The quantitative estimate of drug-likeness (QED) is 0.475. The molecule has 0 N–H and O–H groups in total. The third kappa shape index (κ3) is 2.93. The molecule has 0 saturated carbocycles. The average Bonchev–Trinajstić information content (AvgIpc) is 2.41. The minimum absolute atomic E-state index is 0.0907. The van der Waals surface area contributed by atoms with Gasteiger partial charge >= 0.3 is 0 Å². The monoisotopic (exact) mass is 279 g/mol. The van der Waals surface area contributed by atoms with Crippen LogP contribution in [0.3, 0.4) is 0 Å². The van der Waals surface area contributed by atoms with Crippen LogP contribution >= 0.6 is 11.8 Å². The molecule has 19 heavy (non-hydrogen) atoms. The first-order chi connectivity index (χ1) is 9.13. The maximum atomic E-state index is 12.2. The molecule has 0 aliphatic heterocycles. The summed E-state index contributed by atoms with van der Waals surface area (Å²) >= 11 is 1.73. The van der Waals surface area contributed by atoms with Crippen LogP contribution in [-0.4, -0.2) is 26.0 Å². The van der Waals surface area contributed by atoms with Crippen molar-refractivity contribution in [1.29, 1.82) is 0 Å². The molecule has 0 aliphatic carbocycles. The number of nitro groups is 1. The number of aryl methyl sites for hydroxylation is 1. The van der Waals surface area contributed by atoms with E-state index in [1.807, 2.05) is 0 Å².